The molecule has 4 heteroatoms. The van der Waals surface area contributed by atoms with Crippen molar-refractivity contribution < 1.29 is 23.3 Å². The third-order valence-corrected chi connectivity index (χ3v) is 17.1. The zero-order chi connectivity index (χ0) is 55.3. The molecular weight excluding hydrogens is 1180 g/mol. The second-order valence-electron chi connectivity index (χ2n) is 22.0. The summed E-state index contributed by atoms with van der Waals surface area (Å²) >= 11 is 1.36. The van der Waals surface area contributed by atoms with Crippen LogP contribution < -0.4 is 0 Å². The van der Waals surface area contributed by atoms with E-state index in [9.17, 15) is 0 Å². The van der Waals surface area contributed by atoms with Crippen molar-refractivity contribution in [2.45, 2.75) is 39.5 Å². The molecule has 0 aliphatic carbocycles. The fourth-order valence-corrected chi connectivity index (χ4v) is 13.7. The first-order valence-corrected chi connectivity index (χ1v) is 33.1. The van der Waals surface area contributed by atoms with Gasteiger partial charge in [-0.3, -0.25) is 0 Å². The van der Waals surface area contributed by atoms with Gasteiger partial charge in [0, 0.05) is 0 Å². The van der Waals surface area contributed by atoms with Crippen LogP contribution in [0.3, 0.4) is 0 Å². The number of hydrogen-bond donors (Lipinski definition) is 0. The number of rotatable bonds is 8. The molecule has 86 heavy (non-hydrogen) atoms. The first-order valence-electron chi connectivity index (χ1n) is 28.9. The molecule has 16 aromatic rings. The standard InChI is InChI=1S/2C40H29.2CH3.2ClH.Si.Zr/c2*1-2-11-26-22-37-35(39-31-16-7-3-12-27(31)24-28-13-4-8-17-32(28)39)20-21-36(38(37)23-26)40-33-18-9-5-14-29(33)25-30-15-6-10-19-34(30)40;;;;;;/h2*3-10,12-25H,2,11H2,1H3;2*1H3;2*1H;;/q4*-1;;;;. The van der Waals surface area contributed by atoms with Gasteiger partial charge in [0.05, 0.1) is 0 Å². The Bertz CT molecular complexity index is 4290. The molecule has 0 amide bonds. The minimum absolute atomic E-state index is 0. The normalized spacial score (nSPS) is 11.0. The summed E-state index contributed by atoms with van der Waals surface area (Å²) in [5, 5.41) is 26.1. The van der Waals surface area contributed by atoms with Gasteiger partial charge in [-0.25, -0.2) is 0 Å². The van der Waals surface area contributed by atoms with Crippen molar-refractivity contribution in [2.24, 2.45) is 0 Å². The van der Waals surface area contributed by atoms with E-state index in [4.69, 9.17) is 0 Å². The van der Waals surface area contributed by atoms with E-state index in [1.54, 1.807) is 0 Å². The van der Waals surface area contributed by atoms with E-state index in [1.807, 2.05) is 0 Å². The van der Waals surface area contributed by atoms with E-state index < -0.39 is 0 Å². The number of benzene rings is 14. The van der Waals surface area contributed by atoms with Crippen LogP contribution in [0.5, 0.6) is 0 Å². The van der Waals surface area contributed by atoms with Crippen LogP contribution in [-0.4, -0.2) is 6.88 Å². The number of aryl methyl sites for hydroxylation is 2. The SMILES string of the molecule is CCCc1cc2c(-c3c4ccccc4cc4ccccc34)ccc(-c3c4ccccc4cc4ccccc34)c2[cH-]1.CCCc1cc2c(-c3c4ccccc4cc4ccccc34)ccc(-c3c4ccccc4cc4ccccc34)c2[cH-]1.Cl.Cl.[CH3-].[CH3-].[Si]=[Zr]. The summed E-state index contributed by atoms with van der Waals surface area (Å²) in [6.07, 6.45) is 4.44. The average Bonchev–Trinajstić information content (AvgIpc) is 2.51. The molecule has 0 heterocycles. The third-order valence-electron chi connectivity index (χ3n) is 17.1. The van der Waals surface area contributed by atoms with Crippen molar-refractivity contribution >= 4 is 139 Å². The van der Waals surface area contributed by atoms with Crippen LogP contribution in [0.2, 0.25) is 0 Å². The van der Waals surface area contributed by atoms with E-state index >= 15 is 0 Å². The molecule has 0 aliphatic rings. The van der Waals surface area contributed by atoms with Crippen LogP contribution in [0.15, 0.2) is 267 Å². The first-order chi connectivity index (χ1) is 40.6. The van der Waals surface area contributed by atoms with Crippen LogP contribution in [0.25, 0.3) is 152 Å². The third kappa shape index (κ3) is 10.7. The summed E-state index contributed by atoms with van der Waals surface area (Å²) in [6.45, 7) is 7.61. The summed E-state index contributed by atoms with van der Waals surface area (Å²) < 4.78 is 0. The molecule has 0 atom stereocenters. The first kappa shape index (κ1) is 61.2. The van der Waals surface area contributed by atoms with Crippen molar-refractivity contribution in [3.05, 3.63) is 293 Å². The summed E-state index contributed by atoms with van der Waals surface area (Å²) in [4.78, 5) is 0. The second kappa shape index (κ2) is 26.4. The molecular formula is C82H66Cl2SiZr-4. The fraction of sp³-hybridized carbons (Fsp3) is 0.0732. The fourth-order valence-electron chi connectivity index (χ4n) is 13.7. The van der Waals surface area contributed by atoms with Crippen molar-refractivity contribution in [3.63, 3.8) is 0 Å². The van der Waals surface area contributed by atoms with Gasteiger partial charge < -0.3 is 14.9 Å². The van der Waals surface area contributed by atoms with Crippen LogP contribution in [0, 0.1) is 14.9 Å². The maximum absolute atomic E-state index is 3.06. The van der Waals surface area contributed by atoms with Crippen molar-refractivity contribution in [1.82, 2.24) is 0 Å². The topological polar surface area (TPSA) is 0 Å². The van der Waals surface area contributed by atoms with Crippen molar-refractivity contribution in [2.75, 3.05) is 0 Å². The van der Waals surface area contributed by atoms with E-state index in [0.717, 1.165) is 25.7 Å². The molecule has 0 saturated carbocycles. The van der Waals surface area contributed by atoms with Gasteiger partial charge >= 0.3 is 30.2 Å². The summed E-state index contributed by atoms with van der Waals surface area (Å²) in [6, 6.07) is 99.4. The Morgan fingerprint density at radius 3 is 0.686 bits per heavy atom. The maximum atomic E-state index is 3.06. The molecule has 0 aromatic heterocycles. The van der Waals surface area contributed by atoms with E-state index in [1.165, 1.54) is 187 Å². The van der Waals surface area contributed by atoms with Gasteiger partial charge in [-0.2, -0.15) is 12.1 Å². The van der Waals surface area contributed by atoms with E-state index in [2.05, 4.69) is 288 Å². The Morgan fingerprint density at radius 2 is 0.465 bits per heavy atom. The van der Waals surface area contributed by atoms with E-state index in [0.29, 0.717) is 0 Å². The predicted molar refractivity (Wildman–Crippen MR) is 382 cm³/mol. The van der Waals surface area contributed by atoms with Crippen LogP contribution >= 0.6 is 24.8 Å². The monoisotopic (exact) mass is 1240 g/mol. The number of hydrogen-bond acceptors (Lipinski definition) is 0. The summed E-state index contributed by atoms with van der Waals surface area (Å²) in [5.41, 5.74) is 13.4. The van der Waals surface area contributed by atoms with Gasteiger partial charge in [0.1, 0.15) is 0 Å². The number of fused-ring (bicyclic) bond motifs is 10. The molecule has 0 spiro atoms. The van der Waals surface area contributed by atoms with Gasteiger partial charge in [-0.15, -0.1) is 69.6 Å². The molecule has 0 fully saturated rings. The molecule has 0 nitrogen and oxygen atoms in total. The van der Waals surface area contributed by atoms with Gasteiger partial charge in [-0.1, -0.05) is 267 Å². The molecule has 0 saturated heterocycles. The average molecular weight is 1240 g/mol. The second-order valence-corrected chi connectivity index (χ2v) is 22.0. The van der Waals surface area contributed by atoms with Crippen LogP contribution in [0.4, 0.5) is 0 Å². The van der Waals surface area contributed by atoms with Gasteiger partial charge in [0.2, 0.25) is 0 Å². The molecule has 0 N–H and O–H groups in total. The van der Waals surface area contributed by atoms with Crippen molar-refractivity contribution in [1.29, 1.82) is 0 Å². The quantitative estimate of drug-likeness (QED) is 0.0808. The minimum atomic E-state index is 0. The van der Waals surface area contributed by atoms with E-state index in [-0.39, 0.29) is 39.7 Å². The molecule has 0 bridgehead atoms. The zero-order valence-corrected chi connectivity index (χ0v) is 54.1. The molecule has 420 valence electrons. The van der Waals surface area contributed by atoms with Gasteiger partial charge in [0.25, 0.3) is 0 Å². The van der Waals surface area contributed by atoms with Crippen LogP contribution in [-0.2, 0) is 36.2 Å². The van der Waals surface area contributed by atoms with Crippen molar-refractivity contribution in [3.8, 4) is 44.5 Å². The Labute approximate surface area is 535 Å². The summed E-state index contributed by atoms with van der Waals surface area (Å²) in [7, 11) is 0. The Hall–Kier alpha value is -7.94. The van der Waals surface area contributed by atoms with Gasteiger partial charge in [-0.05, 0) is 146 Å². The Balaban J connectivity index is 0.000000178. The Morgan fingerprint density at radius 1 is 0.267 bits per heavy atom. The Kier molecular flexibility index (Phi) is 18.7. The molecule has 16 rings (SSSR count). The molecule has 0 unspecified atom stereocenters. The number of halogens is 2. The molecule has 16 aromatic carbocycles. The van der Waals surface area contributed by atoms with Gasteiger partial charge in [0.15, 0.2) is 0 Å². The predicted octanol–water partition coefficient (Wildman–Crippen LogP) is 24.3. The zero-order valence-electron chi connectivity index (χ0n) is 49.0. The summed E-state index contributed by atoms with van der Waals surface area (Å²) in [5.74, 6) is 0. The van der Waals surface area contributed by atoms with Crippen LogP contribution in [0.1, 0.15) is 37.8 Å². The molecule has 0 aliphatic heterocycles. The molecule has 2 radical (unpaired) electrons.